The highest BCUT2D eigenvalue weighted by molar-refractivity contribution is 7.92. The van der Waals surface area contributed by atoms with Crippen LogP contribution in [0.3, 0.4) is 0 Å². The molecule has 2 aromatic carbocycles. The van der Waals surface area contributed by atoms with E-state index >= 15 is 0 Å². The number of anilines is 1. The maximum Gasteiger partial charge on any atom is 0.333 e. The van der Waals surface area contributed by atoms with Gasteiger partial charge in [-0.05, 0) is 97.7 Å². The fraction of sp³-hybridized carbons (Fsp3) is 0.486. The second-order valence-electron chi connectivity index (χ2n) is 14.4. The molecular formula is C37H42ClF2N5O5S. The van der Waals surface area contributed by atoms with Crippen molar-refractivity contribution in [3.8, 4) is 5.75 Å². The van der Waals surface area contributed by atoms with Crippen LogP contribution in [0.2, 0.25) is 5.02 Å². The minimum absolute atomic E-state index is 0.119. The number of aryl methyl sites for hydroxylation is 1. The van der Waals surface area contributed by atoms with Crippen molar-refractivity contribution in [2.45, 2.75) is 63.5 Å². The summed E-state index contributed by atoms with van der Waals surface area (Å²) < 4.78 is 60.2. The van der Waals surface area contributed by atoms with Crippen LogP contribution in [-0.2, 0) is 26.5 Å². The number of nitrogens with zero attached hydrogens (tertiary/aromatic N) is 4. The van der Waals surface area contributed by atoms with Crippen LogP contribution in [0.25, 0.3) is 0 Å². The number of carbonyl (C=O) groups excluding carboxylic acids is 2. The lowest BCUT2D eigenvalue weighted by Crippen LogP contribution is -2.49. The predicted molar refractivity (Wildman–Crippen MR) is 191 cm³/mol. The summed E-state index contributed by atoms with van der Waals surface area (Å²) >= 11 is 6.43. The molecule has 4 aliphatic rings. The Morgan fingerprint density at radius 2 is 2.06 bits per heavy atom. The zero-order valence-electron chi connectivity index (χ0n) is 28.6. The Labute approximate surface area is 301 Å². The second kappa shape index (κ2) is 14.3. The number of halogens is 3. The standard InChI is InChI=1S/C37H42ClF2N5O5S/c1-23-5-3-7-32(49-2)29-11-8-26(29)18-44-21-37(14-4-6-24-15-28(38)10-12-30(24)37)22-50-33-13-9-25(16-31(33)44)34(46)42-51(48,20-23)43-35(47)27-17-41-45(19-27)36(39)40/h3,7,9-10,12-13,15-17,19,23,26,29,32,36H,4-6,8,11,14,18,20-22H2,1-2H3,(H,42,43,46,47,48)/b7-3+/t23-,26-,29+,32-,37-,51?/m0/s1. The number of nitrogens with one attached hydrogen (secondary N) is 1. The Bertz CT molecular complexity index is 1980. The first-order valence-electron chi connectivity index (χ1n) is 17.4. The van der Waals surface area contributed by atoms with E-state index < -0.39 is 28.3 Å². The number of methoxy groups -OCH3 is 1. The molecule has 0 radical (unpaired) electrons. The minimum atomic E-state index is -3.72. The molecule has 1 aromatic heterocycles. The average molecular weight is 742 g/mol. The first kappa shape index (κ1) is 35.6. The van der Waals surface area contributed by atoms with Crippen LogP contribution in [0, 0.1) is 17.8 Å². The fourth-order valence-electron chi connectivity index (χ4n) is 8.13. The van der Waals surface area contributed by atoms with Crippen molar-refractivity contribution in [2.75, 3.05) is 37.5 Å². The number of fused-ring (bicyclic) bond motifs is 4. The SMILES string of the molecule is CO[C@H]1/C=C/C[C@H](C)CS(=O)(NC(=O)c2cnn(C(F)F)c2)=NC(=O)c2ccc3c(c2)N(C[C@@H]2CC[C@H]21)C[C@@]1(CCCc2cc(Cl)ccc21)CO3. The van der Waals surface area contributed by atoms with Gasteiger partial charge < -0.3 is 14.4 Å². The van der Waals surface area contributed by atoms with Crippen molar-refractivity contribution >= 4 is 39.0 Å². The number of hydrogen-bond acceptors (Lipinski definition) is 7. The quantitative estimate of drug-likeness (QED) is 0.287. The van der Waals surface area contributed by atoms with Gasteiger partial charge in [-0.25, -0.2) is 8.89 Å². The number of alkyl halides is 2. The molecule has 2 amide bonds. The van der Waals surface area contributed by atoms with E-state index in [-0.39, 0.29) is 40.2 Å². The molecule has 2 aliphatic carbocycles. The average Bonchev–Trinajstić information content (AvgIpc) is 3.53. The number of hydrogen-bond donors (Lipinski definition) is 1. The largest absolute Gasteiger partial charge is 0.490 e. The fourth-order valence-corrected chi connectivity index (χ4v) is 10.2. The van der Waals surface area contributed by atoms with E-state index in [1.807, 2.05) is 19.1 Å². The van der Waals surface area contributed by atoms with Gasteiger partial charge in [-0.1, -0.05) is 36.7 Å². The summed E-state index contributed by atoms with van der Waals surface area (Å²) in [5.74, 6) is -0.828. The zero-order chi connectivity index (χ0) is 35.9. The number of benzene rings is 2. The van der Waals surface area contributed by atoms with Crippen LogP contribution in [0.1, 0.15) is 77.4 Å². The van der Waals surface area contributed by atoms with E-state index in [1.54, 1.807) is 25.3 Å². The number of allylic oxidation sites excluding steroid dienone is 1. The van der Waals surface area contributed by atoms with Crippen molar-refractivity contribution in [3.63, 3.8) is 0 Å². The van der Waals surface area contributed by atoms with Crippen molar-refractivity contribution in [3.05, 3.63) is 88.2 Å². The van der Waals surface area contributed by atoms with Crippen molar-refractivity contribution in [1.29, 1.82) is 0 Å². The maximum absolute atomic E-state index is 14.4. The molecule has 14 heteroatoms. The zero-order valence-corrected chi connectivity index (χ0v) is 30.2. The van der Waals surface area contributed by atoms with Crippen LogP contribution in [0.15, 0.2) is 65.3 Å². The topological polar surface area (TPSA) is 115 Å². The Balaban J connectivity index is 1.29. The highest BCUT2D eigenvalue weighted by Crippen LogP contribution is 2.47. The first-order valence-corrected chi connectivity index (χ1v) is 19.5. The molecule has 1 unspecified atom stereocenters. The Morgan fingerprint density at radius 1 is 1.22 bits per heavy atom. The normalized spacial score (nSPS) is 29.9. The first-order chi connectivity index (χ1) is 24.5. The van der Waals surface area contributed by atoms with E-state index in [9.17, 15) is 22.6 Å². The summed E-state index contributed by atoms with van der Waals surface area (Å²) in [4.78, 5) is 29.4. The van der Waals surface area contributed by atoms with Gasteiger partial charge in [0.15, 0.2) is 0 Å². The summed E-state index contributed by atoms with van der Waals surface area (Å²) in [6.07, 6.45) is 11.2. The number of ether oxygens (including phenoxy) is 2. The molecule has 10 nitrogen and oxygen atoms in total. The van der Waals surface area contributed by atoms with E-state index in [0.717, 1.165) is 56.7 Å². The molecule has 3 heterocycles. The van der Waals surface area contributed by atoms with Gasteiger partial charge in [-0.3, -0.25) is 14.3 Å². The molecule has 51 heavy (non-hydrogen) atoms. The van der Waals surface area contributed by atoms with Gasteiger partial charge in [0.05, 0.1) is 35.9 Å². The van der Waals surface area contributed by atoms with Gasteiger partial charge in [-0.2, -0.15) is 13.9 Å². The lowest BCUT2D eigenvalue weighted by atomic mass is 9.68. The van der Waals surface area contributed by atoms with E-state index in [0.29, 0.717) is 40.9 Å². The third-order valence-corrected chi connectivity index (χ3v) is 13.1. The molecular weight excluding hydrogens is 700 g/mol. The van der Waals surface area contributed by atoms with Crippen molar-refractivity contribution in [1.82, 2.24) is 14.5 Å². The lowest BCUT2D eigenvalue weighted by molar-refractivity contribution is 0.0131. The molecule has 3 aromatic rings. The molecule has 2 bridgehead atoms. The number of amides is 2. The Morgan fingerprint density at radius 3 is 2.80 bits per heavy atom. The number of rotatable bonds is 4. The summed E-state index contributed by atoms with van der Waals surface area (Å²) in [5.41, 5.74) is 2.87. The van der Waals surface area contributed by atoms with Gasteiger partial charge in [0.25, 0.3) is 11.8 Å². The highest BCUT2D eigenvalue weighted by atomic mass is 35.5. The summed E-state index contributed by atoms with van der Waals surface area (Å²) in [6, 6.07) is 11.2. The summed E-state index contributed by atoms with van der Waals surface area (Å²) in [5, 5.41) is 4.22. The molecule has 2 aliphatic heterocycles. The van der Waals surface area contributed by atoms with E-state index in [4.69, 9.17) is 21.1 Å². The third-order valence-electron chi connectivity index (χ3n) is 10.8. The monoisotopic (exact) mass is 741 g/mol. The minimum Gasteiger partial charge on any atom is -0.490 e. The Hall–Kier alpha value is -3.81. The van der Waals surface area contributed by atoms with Crippen LogP contribution in [-0.4, -0.2) is 64.5 Å². The van der Waals surface area contributed by atoms with E-state index in [2.05, 4.69) is 37.3 Å². The lowest BCUT2D eigenvalue weighted by Gasteiger charge is -2.46. The number of aromatic nitrogens is 2. The predicted octanol–water partition coefficient (Wildman–Crippen LogP) is 7.00. The van der Waals surface area contributed by atoms with Gasteiger partial charge >= 0.3 is 6.55 Å². The molecule has 1 saturated carbocycles. The number of carbonyl (C=O) groups is 2. The van der Waals surface area contributed by atoms with Crippen LogP contribution >= 0.6 is 11.6 Å². The van der Waals surface area contributed by atoms with Crippen molar-refractivity contribution < 1.29 is 32.1 Å². The third kappa shape index (κ3) is 7.30. The highest BCUT2D eigenvalue weighted by Gasteiger charge is 2.44. The molecule has 1 fully saturated rings. The molecule has 6 atom stereocenters. The van der Waals surface area contributed by atoms with Crippen LogP contribution in [0.5, 0.6) is 5.75 Å². The van der Waals surface area contributed by atoms with Crippen LogP contribution in [0.4, 0.5) is 14.5 Å². The maximum atomic E-state index is 14.4. The van der Waals surface area contributed by atoms with Gasteiger partial charge in [0.1, 0.15) is 15.7 Å². The molecule has 272 valence electrons. The van der Waals surface area contributed by atoms with Gasteiger partial charge in [0.2, 0.25) is 0 Å². The van der Waals surface area contributed by atoms with E-state index in [1.165, 1.54) is 11.1 Å². The molecule has 7 rings (SSSR count). The summed E-state index contributed by atoms with van der Waals surface area (Å²) in [6.45, 7) is 0.748. The van der Waals surface area contributed by atoms with Gasteiger partial charge in [0, 0.05) is 42.4 Å². The van der Waals surface area contributed by atoms with Crippen LogP contribution < -0.4 is 14.4 Å². The Kier molecular flexibility index (Phi) is 9.98. The second-order valence-corrected chi connectivity index (χ2v) is 16.8. The van der Waals surface area contributed by atoms with Crippen molar-refractivity contribution in [2.24, 2.45) is 22.1 Å². The smallest absolute Gasteiger partial charge is 0.333 e. The summed E-state index contributed by atoms with van der Waals surface area (Å²) in [7, 11) is -2.00. The van der Waals surface area contributed by atoms with Gasteiger partial charge in [-0.15, -0.1) is 4.36 Å². The molecule has 1 N–H and O–H groups in total. The molecule has 1 spiro atoms. The molecule has 0 saturated heterocycles.